The minimum atomic E-state index is -4.96. The summed E-state index contributed by atoms with van der Waals surface area (Å²) in [5.74, 6) is -1.69. The zero-order valence-corrected chi connectivity index (χ0v) is 70.0. The van der Waals surface area contributed by atoms with Crippen LogP contribution in [0.25, 0.3) is 0 Å². The second-order valence-corrected chi connectivity index (χ2v) is 30.8. The fraction of sp³-hybridized carbons (Fsp3) is 0.659. The molecule has 5 atom stereocenters. The number of allylic oxidation sites excluding steroid dienone is 28. The van der Waals surface area contributed by atoms with E-state index in [9.17, 15) is 43.5 Å². The molecule has 0 radical (unpaired) electrons. The van der Waals surface area contributed by atoms with Gasteiger partial charge in [-0.05, 0) is 148 Å². The third-order valence-corrected chi connectivity index (χ3v) is 19.3. The molecule has 0 heterocycles. The Morgan fingerprint density at radius 2 is 0.505 bits per heavy atom. The molecular formula is C91H152O16P2. The first-order chi connectivity index (χ1) is 53.2. The number of hydrogen-bond acceptors (Lipinski definition) is 14. The van der Waals surface area contributed by atoms with Gasteiger partial charge in [0.25, 0.3) is 0 Å². The number of carbonyl (C=O) groups excluding carboxylic acids is 3. The summed E-state index contributed by atoms with van der Waals surface area (Å²) < 4.78 is 61.2. The molecule has 0 aliphatic rings. The van der Waals surface area contributed by atoms with E-state index in [-0.39, 0.29) is 19.3 Å². The van der Waals surface area contributed by atoms with E-state index < -0.39 is 91.5 Å². The second kappa shape index (κ2) is 82.4. The molecule has 0 rings (SSSR count). The fourth-order valence-corrected chi connectivity index (χ4v) is 12.6. The highest BCUT2D eigenvalue weighted by molar-refractivity contribution is 7.47. The molecule has 0 bridgehead atoms. The van der Waals surface area contributed by atoms with Gasteiger partial charge in [0.1, 0.15) is 25.4 Å². The lowest BCUT2D eigenvalue weighted by atomic mass is 10.0. The summed E-state index contributed by atoms with van der Waals surface area (Å²) in [6, 6.07) is 0. The number of aliphatic hydroxyl groups is 2. The van der Waals surface area contributed by atoms with Gasteiger partial charge in [0, 0.05) is 19.3 Å². The summed E-state index contributed by atoms with van der Waals surface area (Å²) >= 11 is 0. The van der Waals surface area contributed by atoms with Crippen molar-refractivity contribution >= 4 is 33.6 Å². The van der Waals surface area contributed by atoms with Gasteiger partial charge in [-0.2, -0.15) is 0 Å². The van der Waals surface area contributed by atoms with Crippen molar-refractivity contribution < 1.29 is 75.8 Å². The lowest BCUT2D eigenvalue weighted by molar-refractivity contribution is -0.161. The Morgan fingerprint density at radius 3 is 0.807 bits per heavy atom. The van der Waals surface area contributed by atoms with Gasteiger partial charge in [0.2, 0.25) is 0 Å². The molecule has 109 heavy (non-hydrogen) atoms. The second-order valence-electron chi connectivity index (χ2n) is 27.9. The van der Waals surface area contributed by atoms with Crippen LogP contribution in [0.2, 0.25) is 0 Å². The van der Waals surface area contributed by atoms with Crippen LogP contribution in [0.15, 0.2) is 170 Å². The third-order valence-electron chi connectivity index (χ3n) is 17.4. The van der Waals surface area contributed by atoms with Crippen LogP contribution >= 0.6 is 15.6 Å². The molecule has 0 aromatic rings. The lowest BCUT2D eigenvalue weighted by Crippen LogP contribution is -2.29. The fourth-order valence-electron chi connectivity index (χ4n) is 11.0. The number of unbranched alkanes of at least 4 members (excludes halogenated alkanes) is 28. The number of aliphatic hydroxyl groups excluding tert-OH is 2. The molecule has 0 saturated carbocycles. The summed E-state index contributed by atoms with van der Waals surface area (Å²) in [5.41, 5.74) is 0. The number of esters is 3. The number of phosphoric ester groups is 2. The van der Waals surface area contributed by atoms with E-state index in [2.05, 4.69) is 173 Å². The van der Waals surface area contributed by atoms with Gasteiger partial charge in [0.15, 0.2) is 6.10 Å². The molecule has 16 nitrogen and oxygen atoms in total. The molecule has 0 aliphatic carbocycles. The average Bonchev–Trinajstić information content (AvgIpc) is 0.904. The predicted octanol–water partition coefficient (Wildman–Crippen LogP) is 25.5. The highest BCUT2D eigenvalue weighted by Gasteiger charge is 2.29. The van der Waals surface area contributed by atoms with Crippen LogP contribution in [0.4, 0.5) is 0 Å². The van der Waals surface area contributed by atoms with Gasteiger partial charge in [-0.3, -0.25) is 32.5 Å². The minimum absolute atomic E-state index is 0.0275. The Morgan fingerprint density at radius 1 is 0.266 bits per heavy atom. The van der Waals surface area contributed by atoms with Crippen LogP contribution in [0.3, 0.4) is 0 Å². The smallest absolute Gasteiger partial charge is 0.463 e. The topological polar surface area (TPSA) is 231 Å². The van der Waals surface area contributed by atoms with Crippen LogP contribution in [0.5, 0.6) is 0 Å². The summed E-state index contributed by atoms with van der Waals surface area (Å²) in [5, 5.41) is 20.7. The summed E-state index contributed by atoms with van der Waals surface area (Å²) in [4.78, 5) is 58.8. The quantitative estimate of drug-likeness (QED) is 0.0146. The minimum Gasteiger partial charge on any atom is -0.463 e. The van der Waals surface area contributed by atoms with E-state index >= 15 is 0 Å². The van der Waals surface area contributed by atoms with Crippen molar-refractivity contribution in [2.24, 2.45) is 0 Å². The first kappa shape index (κ1) is 104. The van der Waals surface area contributed by atoms with Gasteiger partial charge in [-0.15, -0.1) is 0 Å². The molecule has 622 valence electrons. The first-order valence-corrected chi connectivity index (χ1v) is 45.4. The van der Waals surface area contributed by atoms with Crippen molar-refractivity contribution in [3.63, 3.8) is 0 Å². The number of carbonyl (C=O) groups is 3. The summed E-state index contributed by atoms with van der Waals surface area (Å²) in [7, 11) is -9.84. The molecule has 0 amide bonds. The monoisotopic (exact) mass is 1560 g/mol. The van der Waals surface area contributed by atoms with Crippen molar-refractivity contribution in [1.29, 1.82) is 0 Å². The van der Waals surface area contributed by atoms with E-state index in [1.54, 1.807) is 0 Å². The average molecular weight is 1560 g/mol. The molecular weight excluding hydrogens is 1410 g/mol. The summed E-state index contributed by atoms with van der Waals surface area (Å²) in [6.07, 6.45) is 106. The Balaban J connectivity index is 4.66. The molecule has 0 fully saturated rings. The van der Waals surface area contributed by atoms with Gasteiger partial charge in [0.05, 0.1) is 26.4 Å². The lowest BCUT2D eigenvalue weighted by Gasteiger charge is -2.21. The number of phosphoric acid groups is 2. The highest BCUT2D eigenvalue weighted by Crippen LogP contribution is 2.45. The van der Waals surface area contributed by atoms with Gasteiger partial charge in [-0.1, -0.05) is 332 Å². The number of rotatable bonds is 79. The Kier molecular flexibility index (Phi) is 78.5. The van der Waals surface area contributed by atoms with E-state index in [0.29, 0.717) is 25.7 Å². The Hall–Kier alpha value is -5.09. The first-order valence-electron chi connectivity index (χ1n) is 42.4. The van der Waals surface area contributed by atoms with Crippen molar-refractivity contribution in [2.45, 2.75) is 347 Å². The molecule has 0 aromatic carbocycles. The maximum atomic E-state index is 13.0. The van der Waals surface area contributed by atoms with Crippen molar-refractivity contribution in [1.82, 2.24) is 0 Å². The maximum absolute atomic E-state index is 13.0. The van der Waals surface area contributed by atoms with Crippen molar-refractivity contribution in [3.05, 3.63) is 170 Å². The van der Waals surface area contributed by atoms with E-state index in [1.165, 1.54) is 135 Å². The zero-order chi connectivity index (χ0) is 79.4. The molecule has 0 aliphatic heterocycles. The molecule has 0 aromatic heterocycles. The molecule has 18 heteroatoms. The Labute approximate surface area is 662 Å². The molecule has 4 N–H and O–H groups in total. The van der Waals surface area contributed by atoms with Gasteiger partial charge in [-0.25, -0.2) is 9.13 Å². The maximum Gasteiger partial charge on any atom is 0.472 e. The largest absolute Gasteiger partial charge is 0.472 e. The van der Waals surface area contributed by atoms with E-state index in [1.807, 2.05) is 18.2 Å². The molecule has 0 spiro atoms. The van der Waals surface area contributed by atoms with Gasteiger partial charge < -0.3 is 34.2 Å². The predicted molar refractivity (Wildman–Crippen MR) is 454 cm³/mol. The van der Waals surface area contributed by atoms with E-state index in [0.717, 1.165) is 128 Å². The Bertz CT molecular complexity index is 2660. The van der Waals surface area contributed by atoms with Crippen LogP contribution in [-0.2, 0) is 55.8 Å². The SMILES string of the molecule is CC/C=C\C/C=C\C/C=C\C/C=C\C/C=C\C/C=C\CCC(=O)OC(COC(=O)CCCCCCCCCCC/C=C\C/C=C\C/C=C\C/C=C\CCCCC)COP(=O)(O)OCC(O)COP(=O)(O)OCC(O)COC(=O)CCCCCCCCCCCCCCC/C=C\C/C=C\C/C=C\C/C=C\CCCCC. The summed E-state index contributed by atoms with van der Waals surface area (Å²) in [6.45, 7) is 2.42. The zero-order valence-electron chi connectivity index (χ0n) is 68.2. The molecule has 0 saturated heterocycles. The van der Waals surface area contributed by atoms with Crippen LogP contribution in [0, 0.1) is 0 Å². The number of ether oxygens (including phenoxy) is 3. The highest BCUT2D eigenvalue weighted by atomic mass is 31.2. The van der Waals surface area contributed by atoms with Crippen LogP contribution in [-0.4, -0.2) is 95.9 Å². The van der Waals surface area contributed by atoms with Crippen LogP contribution < -0.4 is 0 Å². The number of hydrogen-bond donors (Lipinski definition) is 4. The van der Waals surface area contributed by atoms with E-state index in [4.69, 9.17) is 32.3 Å². The van der Waals surface area contributed by atoms with Crippen LogP contribution in [0.1, 0.15) is 329 Å². The molecule has 5 unspecified atom stereocenters. The standard InChI is InChI=1S/C91H152O16P2/c1-4-7-10-13-16-19-22-25-28-31-34-36-38-40-41-42-43-45-47-48-51-53-56-59-62-65-68-71-74-77-89(94)101-80-86(92)81-103-108(97,98)104-82-87(93)83-105-109(99,100)106-85-88(107-91(96)79-76-73-70-67-64-61-58-55-50-33-30-27-24-21-18-15-12-9-6-3)84-102-90(95)78-75-72-69-66-63-60-57-54-52-49-46-44-39-37-35-32-29-26-23-20-17-14-11-8-5-2/h9,12,16-21,25-30,34-37,40-41,44,46,50,55,61,64,70,73,86-88,92-93H,4-8,10-11,13-15,22-24,31-33,38-39,42-43,45,47-49,51-54,56-60,62-63,65-69,71-72,74-85H2,1-3H3,(H,97,98)(H,99,100)/b12-9-,19-16-,20-17-,21-18-,28-25-,29-26-,30-27-,36-34-,37-35-,41-40-,46-44-,55-50-,64-61-,73-70-. The third kappa shape index (κ3) is 83.7. The normalized spacial score (nSPS) is 14.7. The van der Waals surface area contributed by atoms with Gasteiger partial charge >= 0.3 is 33.6 Å². The van der Waals surface area contributed by atoms with Crippen molar-refractivity contribution in [2.75, 3.05) is 39.6 Å². The van der Waals surface area contributed by atoms with Crippen molar-refractivity contribution in [3.8, 4) is 0 Å².